The molecule has 0 unspecified atom stereocenters. The van der Waals surface area contributed by atoms with Gasteiger partial charge >= 0.3 is 0 Å². The van der Waals surface area contributed by atoms with E-state index in [2.05, 4.69) is 5.32 Å². The molecule has 5 nitrogen and oxygen atoms in total. The molecule has 0 saturated carbocycles. The lowest BCUT2D eigenvalue weighted by Gasteiger charge is -2.23. The molecule has 2 amide bonds. The lowest BCUT2D eigenvalue weighted by Crippen LogP contribution is -2.37. The van der Waals surface area contributed by atoms with Gasteiger partial charge in [-0.25, -0.2) is 0 Å². The van der Waals surface area contributed by atoms with Crippen molar-refractivity contribution >= 4 is 11.8 Å². The van der Waals surface area contributed by atoms with Crippen molar-refractivity contribution in [3.63, 3.8) is 0 Å². The predicted molar refractivity (Wildman–Crippen MR) is 80.2 cm³/mol. The SMILES string of the molecule is CC(C)NC(=O)c1ccc(C(=O)N2CCC[C@H]2CO)cc1. The normalized spacial score (nSPS) is 18.1. The molecule has 1 aromatic carbocycles. The number of aliphatic hydroxyl groups excluding tert-OH is 1. The minimum atomic E-state index is -0.140. The summed E-state index contributed by atoms with van der Waals surface area (Å²) in [6.07, 6.45) is 1.77. The molecule has 2 N–H and O–H groups in total. The van der Waals surface area contributed by atoms with Crippen LogP contribution in [0, 0.1) is 0 Å². The zero-order valence-electron chi connectivity index (χ0n) is 12.5. The lowest BCUT2D eigenvalue weighted by atomic mass is 10.1. The molecule has 1 saturated heterocycles. The van der Waals surface area contributed by atoms with Crippen molar-refractivity contribution in [2.75, 3.05) is 13.2 Å². The fourth-order valence-corrected chi connectivity index (χ4v) is 2.57. The fourth-order valence-electron chi connectivity index (χ4n) is 2.57. The summed E-state index contributed by atoms with van der Waals surface area (Å²) in [7, 11) is 0. The van der Waals surface area contributed by atoms with E-state index in [1.165, 1.54) is 0 Å². The number of carbonyl (C=O) groups excluding carboxylic acids is 2. The van der Waals surface area contributed by atoms with Gasteiger partial charge in [-0.2, -0.15) is 0 Å². The first-order valence-corrected chi connectivity index (χ1v) is 7.35. The van der Waals surface area contributed by atoms with E-state index in [0.717, 1.165) is 12.8 Å². The van der Waals surface area contributed by atoms with Crippen molar-refractivity contribution in [1.82, 2.24) is 10.2 Å². The molecular weight excluding hydrogens is 268 g/mol. The summed E-state index contributed by atoms with van der Waals surface area (Å²) in [5.74, 6) is -0.222. The van der Waals surface area contributed by atoms with Gasteiger partial charge in [0.1, 0.15) is 0 Å². The van der Waals surface area contributed by atoms with Crippen LogP contribution in [-0.4, -0.2) is 47.1 Å². The Bertz CT molecular complexity index is 511. The van der Waals surface area contributed by atoms with Crippen LogP contribution in [0.3, 0.4) is 0 Å². The molecule has 1 aliphatic heterocycles. The van der Waals surface area contributed by atoms with E-state index < -0.39 is 0 Å². The minimum absolute atomic E-state index is 0.000613. The summed E-state index contributed by atoms with van der Waals surface area (Å²) in [5.41, 5.74) is 1.09. The van der Waals surface area contributed by atoms with Crippen molar-refractivity contribution in [3.05, 3.63) is 35.4 Å². The molecule has 5 heteroatoms. The first-order chi connectivity index (χ1) is 10.0. The van der Waals surface area contributed by atoms with E-state index in [9.17, 15) is 14.7 Å². The van der Waals surface area contributed by atoms with E-state index in [0.29, 0.717) is 17.7 Å². The molecule has 0 aliphatic carbocycles. The van der Waals surface area contributed by atoms with E-state index in [1.807, 2.05) is 13.8 Å². The van der Waals surface area contributed by atoms with E-state index >= 15 is 0 Å². The average molecular weight is 290 g/mol. The van der Waals surface area contributed by atoms with Crippen molar-refractivity contribution in [3.8, 4) is 0 Å². The van der Waals surface area contributed by atoms with Gasteiger partial charge in [0.15, 0.2) is 0 Å². The maximum atomic E-state index is 12.4. The van der Waals surface area contributed by atoms with Crippen molar-refractivity contribution in [1.29, 1.82) is 0 Å². The Balaban J connectivity index is 2.08. The average Bonchev–Trinajstić information content (AvgIpc) is 2.94. The highest BCUT2D eigenvalue weighted by Gasteiger charge is 2.28. The monoisotopic (exact) mass is 290 g/mol. The summed E-state index contributed by atoms with van der Waals surface area (Å²) in [4.78, 5) is 26.0. The van der Waals surface area contributed by atoms with Gasteiger partial charge < -0.3 is 15.3 Å². The Morgan fingerprint density at radius 3 is 2.48 bits per heavy atom. The third-order valence-electron chi connectivity index (χ3n) is 3.66. The van der Waals surface area contributed by atoms with Gasteiger partial charge in [0, 0.05) is 23.7 Å². The number of aliphatic hydroxyl groups is 1. The number of hydrogen-bond donors (Lipinski definition) is 2. The second-order valence-electron chi connectivity index (χ2n) is 5.68. The molecule has 1 fully saturated rings. The van der Waals surface area contributed by atoms with Gasteiger partial charge in [-0.1, -0.05) is 0 Å². The topological polar surface area (TPSA) is 69.6 Å². The largest absolute Gasteiger partial charge is 0.394 e. The van der Waals surface area contributed by atoms with Crippen LogP contribution in [0.4, 0.5) is 0 Å². The van der Waals surface area contributed by atoms with Gasteiger partial charge in [-0.3, -0.25) is 9.59 Å². The summed E-state index contributed by atoms with van der Waals surface area (Å²) >= 11 is 0. The number of nitrogens with one attached hydrogen (secondary N) is 1. The standard InChI is InChI=1S/C16H22N2O3/c1-11(2)17-15(20)12-5-7-13(8-6-12)16(21)18-9-3-4-14(18)10-19/h5-8,11,14,19H,3-4,9-10H2,1-2H3,(H,17,20)/t14-/m0/s1. The molecule has 0 aromatic heterocycles. The molecule has 1 aromatic rings. The molecule has 21 heavy (non-hydrogen) atoms. The van der Waals surface area contributed by atoms with Gasteiger partial charge in [-0.05, 0) is 51.0 Å². The maximum Gasteiger partial charge on any atom is 0.254 e. The van der Waals surface area contributed by atoms with E-state index in [1.54, 1.807) is 29.2 Å². The Morgan fingerprint density at radius 1 is 1.29 bits per heavy atom. The van der Waals surface area contributed by atoms with Crippen molar-refractivity contribution < 1.29 is 14.7 Å². The molecule has 0 radical (unpaired) electrons. The van der Waals surface area contributed by atoms with E-state index in [-0.39, 0.29) is 30.5 Å². The second kappa shape index (κ2) is 6.72. The summed E-state index contributed by atoms with van der Waals surface area (Å²) in [5, 5.41) is 12.1. The summed E-state index contributed by atoms with van der Waals surface area (Å²) in [6.45, 7) is 4.48. The molecule has 2 rings (SSSR count). The van der Waals surface area contributed by atoms with Crippen LogP contribution in [0.5, 0.6) is 0 Å². The Labute approximate surface area is 125 Å². The molecule has 0 spiro atoms. The predicted octanol–water partition coefficient (Wildman–Crippen LogP) is 1.42. The summed E-state index contributed by atoms with van der Waals surface area (Å²) < 4.78 is 0. The van der Waals surface area contributed by atoms with Crippen LogP contribution < -0.4 is 5.32 Å². The fraction of sp³-hybridized carbons (Fsp3) is 0.500. The third-order valence-corrected chi connectivity index (χ3v) is 3.66. The molecule has 114 valence electrons. The number of hydrogen-bond acceptors (Lipinski definition) is 3. The number of nitrogens with zero attached hydrogens (tertiary/aromatic N) is 1. The quantitative estimate of drug-likeness (QED) is 0.881. The van der Waals surface area contributed by atoms with Crippen molar-refractivity contribution in [2.24, 2.45) is 0 Å². The zero-order valence-corrected chi connectivity index (χ0v) is 12.5. The Kier molecular flexibility index (Phi) is 4.96. The molecule has 1 aliphatic rings. The third kappa shape index (κ3) is 3.61. The number of benzene rings is 1. The number of rotatable bonds is 4. The highest BCUT2D eigenvalue weighted by atomic mass is 16.3. The first kappa shape index (κ1) is 15.5. The van der Waals surface area contributed by atoms with Crippen LogP contribution in [0.25, 0.3) is 0 Å². The van der Waals surface area contributed by atoms with Crippen molar-refractivity contribution in [2.45, 2.75) is 38.8 Å². The summed E-state index contributed by atoms with van der Waals surface area (Å²) in [6, 6.07) is 6.66. The Hall–Kier alpha value is -1.88. The van der Waals surface area contributed by atoms with Gasteiger partial charge in [0.25, 0.3) is 11.8 Å². The smallest absolute Gasteiger partial charge is 0.254 e. The van der Waals surface area contributed by atoms with Crippen LogP contribution in [0.15, 0.2) is 24.3 Å². The van der Waals surface area contributed by atoms with Gasteiger partial charge in [0.05, 0.1) is 12.6 Å². The van der Waals surface area contributed by atoms with Crippen LogP contribution in [0.2, 0.25) is 0 Å². The molecular formula is C16H22N2O3. The first-order valence-electron chi connectivity index (χ1n) is 7.35. The highest BCUT2D eigenvalue weighted by molar-refractivity contribution is 5.98. The van der Waals surface area contributed by atoms with Crippen LogP contribution >= 0.6 is 0 Å². The van der Waals surface area contributed by atoms with Gasteiger partial charge in [-0.15, -0.1) is 0 Å². The van der Waals surface area contributed by atoms with Crippen LogP contribution in [-0.2, 0) is 0 Å². The van der Waals surface area contributed by atoms with Crippen LogP contribution in [0.1, 0.15) is 47.4 Å². The molecule has 1 heterocycles. The Morgan fingerprint density at radius 2 is 1.90 bits per heavy atom. The zero-order chi connectivity index (χ0) is 15.4. The van der Waals surface area contributed by atoms with E-state index in [4.69, 9.17) is 0 Å². The highest BCUT2D eigenvalue weighted by Crippen LogP contribution is 2.20. The number of likely N-dealkylation sites (tertiary alicyclic amines) is 1. The maximum absolute atomic E-state index is 12.4. The number of carbonyl (C=O) groups is 2. The minimum Gasteiger partial charge on any atom is -0.394 e. The van der Waals surface area contributed by atoms with Gasteiger partial charge in [0.2, 0.25) is 0 Å². The number of amides is 2. The molecule has 0 bridgehead atoms. The second-order valence-corrected chi connectivity index (χ2v) is 5.68. The lowest BCUT2D eigenvalue weighted by molar-refractivity contribution is 0.0677. The molecule has 1 atom stereocenters.